The maximum Gasteiger partial charge on any atom is 0.320 e. The Bertz CT molecular complexity index is 204. The molecule has 0 saturated heterocycles. The molecule has 1 rings (SSSR count). The van der Waals surface area contributed by atoms with Crippen LogP contribution >= 0.6 is 0 Å². The Balaban J connectivity index is 2.59. The molecule has 0 bridgehead atoms. The lowest BCUT2D eigenvalue weighted by atomic mass is 9.89. The zero-order valence-corrected chi connectivity index (χ0v) is 9.35. The van der Waals surface area contributed by atoms with E-state index >= 15 is 0 Å². The van der Waals surface area contributed by atoms with Crippen molar-refractivity contribution in [3.63, 3.8) is 0 Å². The van der Waals surface area contributed by atoms with E-state index in [1.165, 1.54) is 6.42 Å². The minimum Gasteiger partial charge on any atom is -0.480 e. The van der Waals surface area contributed by atoms with E-state index in [9.17, 15) is 4.79 Å². The van der Waals surface area contributed by atoms with Gasteiger partial charge in [0.1, 0.15) is 6.04 Å². The molecular formula is C11H21NO3. The number of hydrogen-bond acceptors (Lipinski definition) is 3. The molecule has 4 nitrogen and oxygen atoms in total. The summed E-state index contributed by atoms with van der Waals surface area (Å²) in [6.45, 7) is 2.53. The van der Waals surface area contributed by atoms with Crippen LogP contribution in [0.4, 0.5) is 0 Å². The van der Waals surface area contributed by atoms with Crippen LogP contribution in [0.2, 0.25) is 0 Å². The molecule has 88 valence electrons. The molecule has 0 aromatic rings. The van der Waals surface area contributed by atoms with Crippen LogP contribution in [0.5, 0.6) is 0 Å². The second-order valence-electron chi connectivity index (χ2n) is 4.19. The standard InChI is InChI=1S/C11H21NO3/c1-2-4-10(11(14)15)12(7-8-13)9-5-3-6-9/h9-10,13H,2-8H2,1H3,(H,14,15). The quantitative estimate of drug-likeness (QED) is 0.667. The normalized spacial score (nSPS) is 18.9. The smallest absolute Gasteiger partial charge is 0.320 e. The molecule has 0 aromatic carbocycles. The lowest BCUT2D eigenvalue weighted by Crippen LogP contribution is -2.51. The first kappa shape index (κ1) is 12.5. The number of carbonyl (C=O) groups is 1. The van der Waals surface area contributed by atoms with Gasteiger partial charge in [-0.05, 0) is 19.3 Å². The van der Waals surface area contributed by atoms with E-state index in [4.69, 9.17) is 10.2 Å². The highest BCUT2D eigenvalue weighted by atomic mass is 16.4. The predicted octanol–water partition coefficient (Wildman–Crippen LogP) is 1.09. The van der Waals surface area contributed by atoms with E-state index in [-0.39, 0.29) is 6.61 Å². The van der Waals surface area contributed by atoms with Gasteiger partial charge >= 0.3 is 5.97 Å². The molecule has 0 heterocycles. The third kappa shape index (κ3) is 3.18. The average molecular weight is 215 g/mol. The van der Waals surface area contributed by atoms with Crippen molar-refractivity contribution in [2.45, 2.75) is 51.1 Å². The minimum absolute atomic E-state index is 0.0456. The summed E-state index contributed by atoms with van der Waals surface area (Å²) in [6.07, 6.45) is 4.88. The summed E-state index contributed by atoms with van der Waals surface area (Å²) >= 11 is 0. The lowest BCUT2D eigenvalue weighted by Gasteiger charge is -2.40. The number of carboxylic acid groups (broad SMARTS) is 1. The van der Waals surface area contributed by atoms with Gasteiger partial charge in [-0.3, -0.25) is 9.69 Å². The van der Waals surface area contributed by atoms with Crippen LogP contribution in [0.1, 0.15) is 39.0 Å². The van der Waals surface area contributed by atoms with Crippen LogP contribution in [0, 0.1) is 0 Å². The van der Waals surface area contributed by atoms with Gasteiger partial charge in [0.05, 0.1) is 6.61 Å². The molecule has 4 heteroatoms. The van der Waals surface area contributed by atoms with Crippen LogP contribution in [0.25, 0.3) is 0 Å². The van der Waals surface area contributed by atoms with E-state index in [0.717, 1.165) is 19.3 Å². The molecule has 0 aromatic heterocycles. The van der Waals surface area contributed by atoms with Crippen molar-refractivity contribution in [2.24, 2.45) is 0 Å². The summed E-state index contributed by atoms with van der Waals surface area (Å²) < 4.78 is 0. The highest BCUT2D eigenvalue weighted by molar-refractivity contribution is 5.73. The summed E-state index contributed by atoms with van der Waals surface area (Å²) in [4.78, 5) is 13.1. The van der Waals surface area contributed by atoms with E-state index in [0.29, 0.717) is 19.0 Å². The number of rotatable bonds is 7. The van der Waals surface area contributed by atoms with Crippen molar-refractivity contribution in [3.05, 3.63) is 0 Å². The molecule has 1 aliphatic carbocycles. The Morgan fingerprint density at radius 1 is 1.53 bits per heavy atom. The summed E-state index contributed by atoms with van der Waals surface area (Å²) in [7, 11) is 0. The molecule has 15 heavy (non-hydrogen) atoms. The van der Waals surface area contributed by atoms with Gasteiger partial charge in [0.15, 0.2) is 0 Å². The lowest BCUT2D eigenvalue weighted by molar-refractivity contribution is -0.145. The Kier molecular flexibility index (Phi) is 5.05. The van der Waals surface area contributed by atoms with Crippen LogP contribution in [-0.2, 0) is 4.79 Å². The second-order valence-corrected chi connectivity index (χ2v) is 4.19. The van der Waals surface area contributed by atoms with E-state index in [1.54, 1.807) is 0 Å². The molecule has 0 amide bonds. The van der Waals surface area contributed by atoms with Crippen molar-refractivity contribution >= 4 is 5.97 Å². The zero-order valence-electron chi connectivity index (χ0n) is 9.35. The molecule has 1 aliphatic rings. The molecule has 1 atom stereocenters. The van der Waals surface area contributed by atoms with Gasteiger partial charge in [-0.15, -0.1) is 0 Å². The van der Waals surface area contributed by atoms with Gasteiger partial charge < -0.3 is 10.2 Å². The fraction of sp³-hybridized carbons (Fsp3) is 0.909. The van der Waals surface area contributed by atoms with Crippen molar-refractivity contribution in [1.29, 1.82) is 0 Å². The SMILES string of the molecule is CCCC(C(=O)O)N(CCO)C1CCC1. The first-order valence-electron chi connectivity index (χ1n) is 5.80. The fourth-order valence-electron chi connectivity index (χ4n) is 2.13. The second kappa shape index (κ2) is 6.08. The summed E-state index contributed by atoms with van der Waals surface area (Å²) in [5.41, 5.74) is 0. The molecule has 1 fully saturated rings. The zero-order chi connectivity index (χ0) is 11.3. The van der Waals surface area contributed by atoms with Gasteiger partial charge in [0, 0.05) is 12.6 Å². The van der Waals surface area contributed by atoms with E-state index in [1.807, 2.05) is 11.8 Å². The molecule has 0 aliphatic heterocycles. The van der Waals surface area contributed by atoms with Crippen LogP contribution in [0.3, 0.4) is 0 Å². The Labute approximate surface area is 90.9 Å². The Hall–Kier alpha value is -0.610. The molecule has 1 saturated carbocycles. The number of aliphatic carboxylic acids is 1. The third-order valence-electron chi connectivity index (χ3n) is 3.15. The van der Waals surface area contributed by atoms with Crippen molar-refractivity contribution in [2.75, 3.05) is 13.2 Å². The number of nitrogens with zero attached hydrogens (tertiary/aromatic N) is 1. The molecule has 0 spiro atoms. The van der Waals surface area contributed by atoms with Crippen LogP contribution in [0.15, 0.2) is 0 Å². The summed E-state index contributed by atoms with van der Waals surface area (Å²) in [5.74, 6) is -0.753. The minimum atomic E-state index is -0.753. The largest absolute Gasteiger partial charge is 0.480 e. The molecular weight excluding hydrogens is 194 g/mol. The maximum atomic E-state index is 11.1. The van der Waals surface area contributed by atoms with Crippen LogP contribution in [-0.4, -0.2) is 46.3 Å². The highest BCUT2D eigenvalue weighted by Crippen LogP contribution is 2.27. The van der Waals surface area contributed by atoms with Crippen molar-refractivity contribution in [1.82, 2.24) is 4.90 Å². The Morgan fingerprint density at radius 3 is 2.53 bits per heavy atom. The summed E-state index contributed by atoms with van der Waals surface area (Å²) in [5, 5.41) is 18.1. The van der Waals surface area contributed by atoms with Crippen molar-refractivity contribution in [3.8, 4) is 0 Å². The Morgan fingerprint density at radius 2 is 2.20 bits per heavy atom. The first-order valence-corrected chi connectivity index (χ1v) is 5.80. The number of hydrogen-bond donors (Lipinski definition) is 2. The fourth-order valence-corrected chi connectivity index (χ4v) is 2.13. The summed E-state index contributed by atoms with van der Waals surface area (Å²) in [6, 6.07) is -0.0303. The van der Waals surface area contributed by atoms with Gasteiger partial charge in [-0.1, -0.05) is 19.8 Å². The highest BCUT2D eigenvalue weighted by Gasteiger charge is 2.33. The molecule has 2 N–H and O–H groups in total. The van der Waals surface area contributed by atoms with Gasteiger partial charge in [-0.25, -0.2) is 0 Å². The number of aliphatic hydroxyl groups is 1. The molecule has 0 radical (unpaired) electrons. The maximum absolute atomic E-state index is 11.1. The topological polar surface area (TPSA) is 60.8 Å². The average Bonchev–Trinajstić information content (AvgIpc) is 2.10. The predicted molar refractivity (Wildman–Crippen MR) is 57.8 cm³/mol. The van der Waals surface area contributed by atoms with Gasteiger partial charge in [0.2, 0.25) is 0 Å². The van der Waals surface area contributed by atoms with E-state index < -0.39 is 12.0 Å². The monoisotopic (exact) mass is 215 g/mol. The molecule has 1 unspecified atom stereocenters. The number of carboxylic acids is 1. The third-order valence-corrected chi connectivity index (χ3v) is 3.15. The van der Waals surface area contributed by atoms with E-state index in [2.05, 4.69) is 0 Å². The van der Waals surface area contributed by atoms with Crippen LogP contribution < -0.4 is 0 Å². The van der Waals surface area contributed by atoms with Crippen molar-refractivity contribution < 1.29 is 15.0 Å². The van der Waals surface area contributed by atoms with Gasteiger partial charge in [-0.2, -0.15) is 0 Å². The van der Waals surface area contributed by atoms with Gasteiger partial charge in [0.25, 0.3) is 0 Å². The number of aliphatic hydroxyl groups excluding tert-OH is 1. The first-order chi connectivity index (χ1) is 7.20.